The minimum atomic E-state index is -0.516. The van der Waals surface area contributed by atoms with Crippen LogP contribution in [0.5, 0.6) is 0 Å². The quantitative estimate of drug-likeness (QED) is 0.172. The van der Waals surface area contributed by atoms with Crippen LogP contribution in [0.1, 0.15) is 16.4 Å². The average Bonchev–Trinajstić information content (AvgIpc) is 3.46. The van der Waals surface area contributed by atoms with Gasteiger partial charge in [-0.3, -0.25) is 9.59 Å². The van der Waals surface area contributed by atoms with E-state index in [1.54, 1.807) is 0 Å². The van der Waals surface area contributed by atoms with Crippen LogP contribution in [0.2, 0.25) is 0 Å². The largest absolute Gasteiger partial charge is 0.436 e. The number of nitrogens with zero attached hydrogens (tertiary/aromatic N) is 1. The van der Waals surface area contributed by atoms with Crippen molar-refractivity contribution in [1.29, 1.82) is 0 Å². The summed E-state index contributed by atoms with van der Waals surface area (Å²) in [6, 6.07) is 41.9. The fraction of sp³-hybridized carbons (Fsp3) is 0.0571. The highest BCUT2D eigenvalue weighted by Gasteiger charge is 2.23. The van der Waals surface area contributed by atoms with E-state index in [0.717, 1.165) is 32.7 Å². The van der Waals surface area contributed by atoms with Crippen molar-refractivity contribution in [2.75, 3.05) is 10.6 Å². The topological polar surface area (TPSA) is 84.2 Å². The number of thioether (sulfide) groups is 1. The molecule has 1 unspecified atom stereocenters. The Kier molecular flexibility index (Phi) is 8.10. The highest BCUT2D eigenvalue weighted by Crippen LogP contribution is 2.37. The first kappa shape index (κ1) is 27.1. The maximum absolute atomic E-state index is 13.6. The van der Waals surface area contributed by atoms with Gasteiger partial charge in [0.1, 0.15) is 10.8 Å². The maximum Gasteiger partial charge on any atom is 0.242 e. The molecule has 0 bridgehead atoms. The number of para-hydroxylation sites is 2. The Hall–Kier alpha value is -5.14. The fourth-order valence-electron chi connectivity index (χ4n) is 4.57. The molecule has 0 aliphatic heterocycles. The molecule has 6 nitrogen and oxygen atoms in total. The maximum atomic E-state index is 13.6. The van der Waals surface area contributed by atoms with Crippen molar-refractivity contribution in [3.05, 3.63) is 145 Å². The van der Waals surface area contributed by atoms with E-state index in [0.29, 0.717) is 23.7 Å². The third-order valence-electron chi connectivity index (χ3n) is 6.61. The SMILES string of the molecule is O=C(Cc1ccccc1)Nc1cccc(SC(C(=O)Nc2ccc(-c3nc4ccccc4o3)cc2)c2ccccc2)c1. The zero-order valence-corrected chi connectivity index (χ0v) is 23.4. The monoisotopic (exact) mass is 569 g/mol. The van der Waals surface area contributed by atoms with Crippen LogP contribution in [0, 0.1) is 0 Å². The summed E-state index contributed by atoms with van der Waals surface area (Å²) < 4.78 is 5.87. The van der Waals surface area contributed by atoms with Crippen LogP contribution in [-0.2, 0) is 16.0 Å². The Morgan fingerprint density at radius 2 is 1.43 bits per heavy atom. The molecule has 2 amide bonds. The molecule has 2 N–H and O–H groups in total. The lowest BCUT2D eigenvalue weighted by atomic mass is 10.1. The summed E-state index contributed by atoms with van der Waals surface area (Å²) in [5.74, 6) is 0.281. The molecule has 0 radical (unpaired) electrons. The van der Waals surface area contributed by atoms with Crippen molar-refractivity contribution in [1.82, 2.24) is 4.98 Å². The Labute approximate surface area is 247 Å². The lowest BCUT2D eigenvalue weighted by molar-refractivity contribution is -0.116. The number of amides is 2. The summed E-state index contributed by atoms with van der Waals surface area (Å²) in [5.41, 5.74) is 5.53. The zero-order chi connectivity index (χ0) is 28.7. The van der Waals surface area contributed by atoms with E-state index in [2.05, 4.69) is 15.6 Å². The Morgan fingerprint density at radius 3 is 2.19 bits per heavy atom. The molecule has 1 heterocycles. The molecule has 0 spiro atoms. The molecule has 0 aliphatic rings. The Balaban J connectivity index is 1.16. The summed E-state index contributed by atoms with van der Waals surface area (Å²) in [7, 11) is 0. The van der Waals surface area contributed by atoms with Crippen molar-refractivity contribution in [3.8, 4) is 11.5 Å². The smallest absolute Gasteiger partial charge is 0.242 e. The third-order valence-corrected chi connectivity index (χ3v) is 7.86. The van der Waals surface area contributed by atoms with Crippen LogP contribution < -0.4 is 10.6 Å². The predicted octanol–water partition coefficient (Wildman–Crippen LogP) is 8.15. The van der Waals surface area contributed by atoms with Crippen LogP contribution in [-0.4, -0.2) is 16.8 Å². The molecule has 0 aliphatic carbocycles. The van der Waals surface area contributed by atoms with Crippen molar-refractivity contribution in [2.45, 2.75) is 16.6 Å². The van der Waals surface area contributed by atoms with Crippen LogP contribution in [0.3, 0.4) is 0 Å². The molecule has 0 saturated carbocycles. The van der Waals surface area contributed by atoms with Gasteiger partial charge in [0.05, 0.1) is 6.42 Å². The molecule has 6 rings (SSSR count). The number of rotatable bonds is 9. The minimum Gasteiger partial charge on any atom is -0.436 e. The highest BCUT2D eigenvalue weighted by molar-refractivity contribution is 8.00. The summed E-state index contributed by atoms with van der Waals surface area (Å²) in [6.07, 6.45) is 0.290. The van der Waals surface area contributed by atoms with E-state index in [1.165, 1.54) is 11.8 Å². The van der Waals surface area contributed by atoms with Gasteiger partial charge in [0.15, 0.2) is 5.58 Å². The number of anilines is 2. The number of benzene rings is 5. The van der Waals surface area contributed by atoms with Gasteiger partial charge >= 0.3 is 0 Å². The number of carbonyl (C=O) groups excluding carboxylic acids is 2. The highest BCUT2D eigenvalue weighted by atomic mass is 32.2. The summed E-state index contributed by atoms with van der Waals surface area (Å²) in [6.45, 7) is 0. The van der Waals surface area contributed by atoms with E-state index >= 15 is 0 Å². The van der Waals surface area contributed by atoms with Gasteiger partial charge in [-0.05, 0) is 65.7 Å². The third kappa shape index (κ3) is 6.59. The molecular formula is C35H27N3O3S. The standard InChI is InChI=1S/C35H27N3O3S/c39-32(22-24-10-3-1-4-11-24)36-28-14-9-15-29(23-28)42-33(25-12-5-2-6-13-25)34(40)37-27-20-18-26(19-21-27)35-38-30-16-7-8-17-31(30)41-35/h1-21,23,33H,22H2,(H,36,39)(H,37,40). The van der Waals surface area contributed by atoms with Gasteiger partial charge in [-0.25, -0.2) is 4.98 Å². The van der Waals surface area contributed by atoms with Gasteiger partial charge in [0, 0.05) is 21.8 Å². The number of nitrogens with one attached hydrogen (secondary N) is 2. The second-order valence-electron chi connectivity index (χ2n) is 9.70. The zero-order valence-electron chi connectivity index (χ0n) is 22.6. The van der Waals surface area contributed by atoms with Crippen LogP contribution in [0.25, 0.3) is 22.6 Å². The minimum absolute atomic E-state index is 0.0954. The van der Waals surface area contributed by atoms with Gasteiger partial charge in [-0.15, -0.1) is 11.8 Å². The van der Waals surface area contributed by atoms with E-state index in [9.17, 15) is 9.59 Å². The van der Waals surface area contributed by atoms with Gasteiger partial charge in [0.25, 0.3) is 0 Å². The second-order valence-corrected chi connectivity index (χ2v) is 10.9. The van der Waals surface area contributed by atoms with Gasteiger partial charge in [-0.2, -0.15) is 0 Å². The van der Waals surface area contributed by atoms with E-state index in [1.807, 2.05) is 133 Å². The van der Waals surface area contributed by atoms with Crippen molar-refractivity contribution in [3.63, 3.8) is 0 Å². The van der Waals surface area contributed by atoms with Gasteiger partial charge in [0.2, 0.25) is 17.7 Å². The fourth-order valence-corrected chi connectivity index (χ4v) is 5.65. The first-order valence-corrected chi connectivity index (χ1v) is 14.4. The molecule has 5 aromatic carbocycles. The van der Waals surface area contributed by atoms with Crippen molar-refractivity contribution in [2.24, 2.45) is 0 Å². The molecule has 1 aromatic heterocycles. The molecule has 7 heteroatoms. The predicted molar refractivity (Wildman–Crippen MR) is 168 cm³/mol. The van der Waals surface area contributed by atoms with E-state index in [4.69, 9.17) is 4.42 Å². The van der Waals surface area contributed by atoms with Crippen LogP contribution >= 0.6 is 11.8 Å². The number of fused-ring (bicyclic) bond motifs is 1. The number of carbonyl (C=O) groups is 2. The molecule has 42 heavy (non-hydrogen) atoms. The van der Waals surface area contributed by atoms with Crippen LogP contribution in [0.4, 0.5) is 11.4 Å². The molecule has 0 saturated heterocycles. The van der Waals surface area contributed by atoms with Crippen molar-refractivity contribution < 1.29 is 14.0 Å². The Bertz CT molecular complexity index is 1790. The lowest BCUT2D eigenvalue weighted by Gasteiger charge is -2.18. The molecule has 1 atom stereocenters. The van der Waals surface area contributed by atoms with E-state index < -0.39 is 5.25 Å². The molecular weight excluding hydrogens is 542 g/mol. The molecule has 6 aromatic rings. The Morgan fingerprint density at radius 1 is 0.714 bits per heavy atom. The normalized spacial score (nSPS) is 11.6. The number of aromatic nitrogens is 1. The summed E-state index contributed by atoms with van der Waals surface area (Å²) in [5, 5.41) is 5.52. The van der Waals surface area contributed by atoms with Gasteiger partial charge in [-0.1, -0.05) is 78.9 Å². The van der Waals surface area contributed by atoms with E-state index in [-0.39, 0.29) is 11.8 Å². The average molecular weight is 570 g/mol. The first-order valence-electron chi connectivity index (χ1n) is 13.5. The number of hydrogen-bond acceptors (Lipinski definition) is 5. The summed E-state index contributed by atoms with van der Waals surface area (Å²) >= 11 is 1.43. The first-order chi connectivity index (χ1) is 20.6. The number of hydrogen-bond donors (Lipinski definition) is 2. The molecule has 0 fully saturated rings. The van der Waals surface area contributed by atoms with Crippen molar-refractivity contribution >= 4 is 46.1 Å². The number of oxazole rings is 1. The second kappa shape index (κ2) is 12.6. The lowest BCUT2D eigenvalue weighted by Crippen LogP contribution is -2.19. The molecule has 206 valence electrons. The summed E-state index contributed by atoms with van der Waals surface area (Å²) in [4.78, 5) is 31.7. The van der Waals surface area contributed by atoms with Crippen LogP contribution in [0.15, 0.2) is 143 Å². The van der Waals surface area contributed by atoms with Gasteiger partial charge < -0.3 is 15.1 Å².